The van der Waals surface area contributed by atoms with E-state index in [-0.39, 0.29) is 23.5 Å². The number of rotatable bonds is 3. The Kier molecular flexibility index (Phi) is 5.01. The van der Waals surface area contributed by atoms with Crippen LogP contribution in [0, 0.1) is 5.41 Å². The van der Waals surface area contributed by atoms with E-state index in [0.29, 0.717) is 26.1 Å². The minimum atomic E-state index is -0.122. The maximum atomic E-state index is 12.4. The van der Waals surface area contributed by atoms with Gasteiger partial charge in [0.15, 0.2) is 0 Å². The van der Waals surface area contributed by atoms with Gasteiger partial charge >= 0.3 is 0 Å². The zero-order valence-corrected chi connectivity index (χ0v) is 13.2. The first-order valence-corrected chi connectivity index (χ1v) is 7.58. The summed E-state index contributed by atoms with van der Waals surface area (Å²) in [7, 11) is 0. The number of carbonyl (C=O) groups excluding carboxylic acids is 1. The first kappa shape index (κ1) is 16.0. The first-order chi connectivity index (χ1) is 9.88. The monoisotopic (exact) mass is 290 g/mol. The van der Waals surface area contributed by atoms with Crippen molar-refractivity contribution in [1.82, 2.24) is 4.90 Å². The predicted molar refractivity (Wildman–Crippen MR) is 83.8 cm³/mol. The topological polar surface area (TPSA) is 55.6 Å². The third kappa shape index (κ3) is 4.29. The molecule has 1 heterocycles. The normalized spacial score (nSPS) is 21.1. The van der Waals surface area contributed by atoms with Gasteiger partial charge in [-0.2, -0.15) is 0 Å². The molecule has 0 saturated carbocycles. The highest BCUT2D eigenvalue weighted by atomic mass is 16.5. The number of morpholine rings is 1. The van der Waals surface area contributed by atoms with Gasteiger partial charge in [-0.05, 0) is 11.0 Å². The van der Waals surface area contributed by atoms with Gasteiger partial charge in [-0.25, -0.2) is 0 Å². The van der Waals surface area contributed by atoms with Gasteiger partial charge in [0, 0.05) is 19.0 Å². The highest BCUT2D eigenvalue weighted by molar-refractivity contribution is 5.77. The Morgan fingerprint density at radius 1 is 1.38 bits per heavy atom. The van der Waals surface area contributed by atoms with Crippen LogP contribution in [0.25, 0.3) is 0 Å². The van der Waals surface area contributed by atoms with Gasteiger partial charge in [-0.3, -0.25) is 4.79 Å². The van der Waals surface area contributed by atoms with Gasteiger partial charge in [0.25, 0.3) is 0 Å². The smallest absolute Gasteiger partial charge is 0.224 e. The lowest BCUT2D eigenvalue weighted by Gasteiger charge is -2.35. The average molecular weight is 290 g/mol. The van der Waals surface area contributed by atoms with E-state index in [2.05, 4.69) is 20.8 Å². The number of amides is 1. The fourth-order valence-corrected chi connectivity index (χ4v) is 2.37. The van der Waals surface area contributed by atoms with Crippen LogP contribution >= 0.6 is 0 Å². The molecule has 2 rings (SSSR count). The second kappa shape index (κ2) is 6.58. The third-order valence-electron chi connectivity index (χ3n) is 4.10. The van der Waals surface area contributed by atoms with Crippen LogP contribution in [0.4, 0.5) is 0 Å². The Bertz CT molecular complexity index is 467. The summed E-state index contributed by atoms with van der Waals surface area (Å²) in [5.74, 6) is 0.127. The minimum absolute atomic E-state index is 0.0326. The quantitative estimate of drug-likeness (QED) is 0.929. The van der Waals surface area contributed by atoms with Crippen molar-refractivity contribution in [3.8, 4) is 0 Å². The SMILES string of the molecule is CC(C)(C)C(N)CC(=O)N1CCOC(c2ccccc2)C1. The molecule has 0 aliphatic carbocycles. The van der Waals surface area contributed by atoms with E-state index in [0.717, 1.165) is 5.56 Å². The number of nitrogens with two attached hydrogens (primary N) is 1. The molecule has 0 aromatic heterocycles. The van der Waals surface area contributed by atoms with Crippen molar-refractivity contribution >= 4 is 5.91 Å². The minimum Gasteiger partial charge on any atom is -0.370 e. The number of ether oxygens (including phenoxy) is 1. The molecule has 1 fully saturated rings. The van der Waals surface area contributed by atoms with Crippen molar-refractivity contribution in [2.24, 2.45) is 11.1 Å². The molecule has 21 heavy (non-hydrogen) atoms. The van der Waals surface area contributed by atoms with Crippen molar-refractivity contribution in [2.75, 3.05) is 19.7 Å². The van der Waals surface area contributed by atoms with Crippen LogP contribution in [-0.2, 0) is 9.53 Å². The molecular weight excluding hydrogens is 264 g/mol. The number of hydrogen-bond acceptors (Lipinski definition) is 3. The lowest BCUT2D eigenvalue weighted by Crippen LogP contribution is -2.46. The van der Waals surface area contributed by atoms with Gasteiger partial charge in [0.05, 0.1) is 13.2 Å². The van der Waals surface area contributed by atoms with E-state index >= 15 is 0 Å². The summed E-state index contributed by atoms with van der Waals surface area (Å²) < 4.78 is 5.79. The molecule has 1 saturated heterocycles. The Balaban J connectivity index is 1.96. The van der Waals surface area contributed by atoms with Crippen molar-refractivity contribution in [1.29, 1.82) is 0 Å². The number of hydrogen-bond donors (Lipinski definition) is 1. The molecule has 0 bridgehead atoms. The van der Waals surface area contributed by atoms with E-state index in [1.807, 2.05) is 35.2 Å². The molecule has 0 radical (unpaired) electrons. The first-order valence-electron chi connectivity index (χ1n) is 7.58. The highest BCUT2D eigenvalue weighted by Gasteiger charge is 2.29. The summed E-state index contributed by atoms with van der Waals surface area (Å²) in [4.78, 5) is 14.3. The predicted octanol–water partition coefficient (Wildman–Crippen LogP) is 2.35. The fraction of sp³-hybridized carbons (Fsp3) is 0.588. The van der Waals surface area contributed by atoms with Gasteiger partial charge in [0.2, 0.25) is 5.91 Å². The molecule has 2 N–H and O–H groups in total. The summed E-state index contributed by atoms with van der Waals surface area (Å²) in [5, 5.41) is 0. The molecule has 1 aliphatic rings. The Labute approximate surface area is 127 Å². The molecule has 2 atom stereocenters. The van der Waals surface area contributed by atoms with E-state index in [1.54, 1.807) is 0 Å². The molecule has 116 valence electrons. The van der Waals surface area contributed by atoms with Crippen molar-refractivity contribution in [3.05, 3.63) is 35.9 Å². The standard InChI is InChI=1S/C17H26N2O2/c1-17(2,3)15(18)11-16(20)19-9-10-21-14(12-19)13-7-5-4-6-8-13/h4-8,14-15H,9-12,18H2,1-3H3. The van der Waals surface area contributed by atoms with Crippen LogP contribution < -0.4 is 5.73 Å². The van der Waals surface area contributed by atoms with Crippen LogP contribution in [-0.4, -0.2) is 36.5 Å². The van der Waals surface area contributed by atoms with Gasteiger partial charge in [0.1, 0.15) is 6.10 Å². The van der Waals surface area contributed by atoms with Crippen LogP contribution in [0.5, 0.6) is 0 Å². The number of carbonyl (C=O) groups is 1. The maximum Gasteiger partial charge on any atom is 0.224 e. The fourth-order valence-electron chi connectivity index (χ4n) is 2.37. The molecule has 1 aromatic carbocycles. The molecular formula is C17H26N2O2. The lowest BCUT2D eigenvalue weighted by molar-refractivity contribution is -0.139. The molecule has 4 heteroatoms. The van der Waals surface area contributed by atoms with Crippen molar-refractivity contribution < 1.29 is 9.53 Å². The summed E-state index contributed by atoms with van der Waals surface area (Å²) >= 11 is 0. The van der Waals surface area contributed by atoms with Gasteiger partial charge in [-0.1, -0.05) is 51.1 Å². The zero-order chi connectivity index (χ0) is 15.5. The third-order valence-corrected chi connectivity index (χ3v) is 4.10. The van der Waals surface area contributed by atoms with E-state index < -0.39 is 0 Å². The molecule has 2 unspecified atom stereocenters. The van der Waals surface area contributed by atoms with Crippen molar-refractivity contribution in [3.63, 3.8) is 0 Å². The van der Waals surface area contributed by atoms with E-state index in [9.17, 15) is 4.79 Å². The number of nitrogens with zero attached hydrogens (tertiary/aromatic N) is 1. The summed E-state index contributed by atoms with van der Waals surface area (Å²) in [6.45, 7) is 8.04. The summed E-state index contributed by atoms with van der Waals surface area (Å²) in [6, 6.07) is 9.93. The second-order valence-electron chi connectivity index (χ2n) is 6.79. The molecule has 1 aliphatic heterocycles. The molecule has 4 nitrogen and oxygen atoms in total. The summed E-state index contributed by atoms with van der Waals surface area (Å²) in [5.41, 5.74) is 7.19. The Hall–Kier alpha value is -1.39. The van der Waals surface area contributed by atoms with Gasteiger partial charge < -0.3 is 15.4 Å². The summed E-state index contributed by atoms with van der Waals surface area (Å²) in [6.07, 6.45) is 0.361. The Morgan fingerprint density at radius 3 is 2.67 bits per heavy atom. The largest absolute Gasteiger partial charge is 0.370 e. The molecule has 1 aromatic rings. The van der Waals surface area contributed by atoms with Gasteiger partial charge in [-0.15, -0.1) is 0 Å². The molecule has 1 amide bonds. The highest BCUT2D eigenvalue weighted by Crippen LogP contribution is 2.24. The van der Waals surface area contributed by atoms with Crippen LogP contribution in [0.3, 0.4) is 0 Å². The van der Waals surface area contributed by atoms with Crippen LogP contribution in [0.15, 0.2) is 30.3 Å². The Morgan fingerprint density at radius 2 is 2.05 bits per heavy atom. The van der Waals surface area contributed by atoms with Crippen LogP contribution in [0.2, 0.25) is 0 Å². The maximum absolute atomic E-state index is 12.4. The average Bonchev–Trinajstić information content (AvgIpc) is 2.47. The zero-order valence-electron chi connectivity index (χ0n) is 13.2. The second-order valence-corrected chi connectivity index (χ2v) is 6.79. The number of benzene rings is 1. The van der Waals surface area contributed by atoms with Crippen molar-refractivity contribution in [2.45, 2.75) is 39.3 Å². The van der Waals surface area contributed by atoms with E-state index in [1.165, 1.54) is 0 Å². The lowest BCUT2D eigenvalue weighted by atomic mass is 9.85. The molecule has 0 spiro atoms. The van der Waals surface area contributed by atoms with E-state index in [4.69, 9.17) is 10.5 Å². The van der Waals surface area contributed by atoms with Crippen LogP contribution in [0.1, 0.15) is 38.9 Å².